The summed E-state index contributed by atoms with van der Waals surface area (Å²) in [6.07, 6.45) is 7.96. The van der Waals surface area contributed by atoms with Gasteiger partial charge in [0, 0.05) is 29.7 Å². The Bertz CT molecular complexity index is 298. The van der Waals surface area contributed by atoms with Gasteiger partial charge in [-0.3, -0.25) is 0 Å². The summed E-state index contributed by atoms with van der Waals surface area (Å²) in [5.41, 5.74) is 3.54. The summed E-state index contributed by atoms with van der Waals surface area (Å²) in [6.45, 7) is 4.69. The summed E-state index contributed by atoms with van der Waals surface area (Å²) in [6, 6.07) is 1.41. The predicted molar refractivity (Wildman–Crippen MR) is 62.7 cm³/mol. The van der Waals surface area contributed by atoms with Crippen molar-refractivity contribution in [3.8, 4) is 0 Å². The Morgan fingerprint density at radius 2 is 1.87 bits per heavy atom. The van der Waals surface area contributed by atoms with E-state index < -0.39 is 0 Å². The van der Waals surface area contributed by atoms with Crippen molar-refractivity contribution >= 4 is 0 Å². The molecule has 0 radical (unpaired) electrons. The van der Waals surface area contributed by atoms with Crippen molar-refractivity contribution in [2.24, 2.45) is 0 Å². The molecule has 3 rings (SSSR count). The molecule has 2 heteroatoms. The van der Waals surface area contributed by atoms with Crippen molar-refractivity contribution in [2.75, 3.05) is 0 Å². The average Bonchev–Trinajstić information content (AvgIpc) is 2.91. The van der Waals surface area contributed by atoms with E-state index in [1.807, 2.05) is 0 Å². The molecule has 1 saturated heterocycles. The van der Waals surface area contributed by atoms with E-state index in [4.69, 9.17) is 0 Å². The molecule has 2 atom stereocenters. The van der Waals surface area contributed by atoms with Gasteiger partial charge in [-0.15, -0.1) is 0 Å². The highest BCUT2D eigenvalue weighted by atomic mass is 15.1. The van der Waals surface area contributed by atoms with Crippen LogP contribution < -0.4 is 10.6 Å². The van der Waals surface area contributed by atoms with Gasteiger partial charge in [0.15, 0.2) is 0 Å². The second-order valence-corrected chi connectivity index (χ2v) is 6.08. The van der Waals surface area contributed by atoms with Crippen molar-refractivity contribution in [3.05, 3.63) is 11.3 Å². The molecule has 0 aromatic carbocycles. The Hall–Kier alpha value is -0.500. The van der Waals surface area contributed by atoms with Crippen LogP contribution in [-0.2, 0) is 0 Å². The van der Waals surface area contributed by atoms with Gasteiger partial charge in [0.2, 0.25) is 0 Å². The van der Waals surface area contributed by atoms with Crippen LogP contribution in [-0.4, -0.2) is 17.6 Å². The second-order valence-electron chi connectivity index (χ2n) is 6.08. The summed E-state index contributed by atoms with van der Waals surface area (Å²) in [4.78, 5) is 0. The van der Waals surface area contributed by atoms with Gasteiger partial charge in [0.05, 0.1) is 0 Å². The van der Waals surface area contributed by atoms with Crippen molar-refractivity contribution in [1.82, 2.24) is 10.6 Å². The van der Waals surface area contributed by atoms with Crippen LogP contribution in [0.1, 0.15) is 52.4 Å². The molecule has 0 aromatic rings. The maximum absolute atomic E-state index is 3.83. The van der Waals surface area contributed by atoms with Crippen LogP contribution in [0.5, 0.6) is 0 Å². The van der Waals surface area contributed by atoms with E-state index in [1.165, 1.54) is 38.5 Å². The molecule has 0 spiro atoms. The van der Waals surface area contributed by atoms with Crippen LogP contribution >= 0.6 is 0 Å². The molecule has 0 bridgehead atoms. The van der Waals surface area contributed by atoms with Gasteiger partial charge >= 0.3 is 0 Å². The molecule has 3 aliphatic rings. The number of fused-ring (bicyclic) bond motifs is 1. The third-order valence-electron chi connectivity index (χ3n) is 4.00. The van der Waals surface area contributed by atoms with Crippen LogP contribution in [0, 0.1) is 0 Å². The Morgan fingerprint density at radius 3 is 2.60 bits per heavy atom. The van der Waals surface area contributed by atoms with Crippen molar-refractivity contribution in [2.45, 2.75) is 70.0 Å². The van der Waals surface area contributed by atoms with Crippen molar-refractivity contribution in [3.63, 3.8) is 0 Å². The van der Waals surface area contributed by atoms with Gasteiger partial charge in [-0.2, -0.15) is 0 Å². The molecule has 0 unspecified atom stereocenters. The number of nitrogens with one attached hydrogen (secondary N) is 2. The SMILES string of the molecule is CC1(C)CC(=C2CC2)N[C@@H]2CCC[C@@H]2N1. The third kappa shape index (κ3) is 1.92. The highest BCUT2D eigenvalue weighted by Crippen LogP contribution is 2.37. The van der Waals surface area contributed by atoms with E-state index in [0.717, 1.165) is 0 Å². The summed E-state index contributed by atoms with van der Waals surface area (Å²) < 4.78 is 0. The Balaban J connectivity index is 1.87. The number of rotatable bonds is 0. The fraction of sp³-hybridized carbons (Fsp3) is 0.846. The van der Waals surface area contributed by atoms with Crippen LogP contribution in [0.25, 0.3) is 0 Å². The maximum atomic E-state index is 3.83. The van der Waals surface area contributed by atoms with Crippen LogP contribution in [0.4, 0.5) is 0 Å². The largest absolute Gasteiger partial charge is 0.384 e. The lowest BCUT2D eigenvalue weighted by atomic mass is 9.97. The topological polar surface area (TPSA) is 24.1 Å². The summed E-state index contributed by atoms with van der Waals surface area (Å²) in [5.74, 6) is 0. The molecule has 2 N–H and O–H groups in total. The van der Waals surface area contributed by atoms with E-state index in [9.17, 15) is 0 Å². The standard InChI is InChI=1S/C13H22N2/c1-13(2)8-12(9-6-7-9)14-10-4-3-5-11(10)15-13/h10-11,14-15H,3-8H2,1-2H3/t10-,11+/m1/s1. The number of allylic oxidation sites excluding steroid dienone is 1. The van der Waals surface area contributed by atoms with Gasteiger partial charge in [-0.1, -0.05) is 5.57 Å². The summed E-state index contributed by atoms with van der Waals surface area (Å²) in [7, 11) is 0. The summed E-state index contributed by atoms with van der Waals surface area (Å²) >= 11 is 0. The van der Waals surface area contributed by atoms with Crippen molar-refractivity contribution < 1.29 is 0 Å². The molecular formula is C13H22N2. The van der Waals surface area contributed by atoms with Crippen LogP contribution in [0.3, 0.4) is 0 Å². The van der Waals surface area contributed by atoms with Crippen molar-refractivity contribution in [1.29, 1.82) is 0 Å². The van der Waals surface area contributed by atoms with E-state index in [2.05, 4.69) is 24.5 Å². The molecule has 2 saturated carbocycles. The number of hydrogen-bond donors (Lipinski definition) is 2. The molecule has 0 aromatic heterocycles. The highest BCUT2D eigenvalue weighted by Gasteiger charge is 2.37. The van der Waals surface area contributed by atoms with E-state index >= 15 is 0 Å². The first-order valence-corrected chi connectivity index (χ1v) is 6.39. The first-order chi connectivity index (χ1) is 7.14. The van der Waals surface area contributed by atoms with E-state index in [0.29, 0.717) is 12.1 Å². The summed E-state index contributed by atoms with van der Waals surface area (Å²) in [5, 5.41) is 7.65. The minimum Gasteiger partial charge on any atom is -0.384 e. The first kappa shape index (κ1) is 9.71. The monoisotopic (exact) mass is 206 g/mol. The minimum absolute atomic E-state index is 0.279. The molecule has 1 heterocycles. The smallest absolute Gasteiger partial charge is 0.0411 e. The van der Waals surface area contributed by atoms with Crippen LogP contribution in [0.2, 0.25) is 0 Å². The van der Waals surface area contributed by atoms with Gasteiger partial charge in [-0.25, -0.2) is 0 Å². The molecule has 3 fully saturated rings. The minimum atomic E-state index is 0.279. The van der Waals surface area contributed by atoms with E-state index in [-0.39, 0.29) is 5.54 Å². The number of hydrogen-bond acceptors (Lipinski definition) is 2. The molecule has 15 heavy (non-hydrogen) atoms. The van der Waals surface area contributed by atoms with Gasteiger partial charge in [0.25, 0.3) is 0 Å². The lowest BCUT2D eigenvalue weighted by molar-refractivity contribution is 0.337. The molecule has 2 aliphatic carbocycles. The highest BCUT2D eigenvalue weighted by molar-refractivity contribution is 5.27. The lowest BCUT2D eigenvalue weighted by Crippen LogP contribution is -2.48. The predicted octanol–water partition coefficient (Wildman–Crippen LogP) is 2.32. The van der Waals surface area contributed by atoms with Gasteiger partial charge in [0.1, 0.15) is 0 Å². The fourth-order valence-corrected chi connectivity index (χ4v) is 3.17. The third-order valence-corrected chi connectivity index (χ3v) is 4.00. The zero-order valence-electron chi connectivity index (χ0n) is 9.90. The maximum Gasteiger partial charge on any atom is 0.0411 e. The zero-order valence-corrected chi connectivity index (χ0v) is 9.90. The van der Waals surface area contributed by atoms with Gasteiger partial charge in [-0.05, 0) is 46.0 Å². The van der Waals surface area contributed by atoms with E-state index in [1.54, 1.807) is 11.3 Å². The quantitative estimate of drug-likeness (QED) is 0.635. The molecule has 84 valence electrons. The Labute approximate surface area is 92.5 Å². The zero-order chi connectivity index (χ0) is 10.5. The average molecular weight is 206 g/mol. The molecule has 0 amide bonds. The molecule has 1 aliphatic heterocycles. The normalized spacial score (nSPS) is 38.3. The molecular weight excluding hydrogens is 184 g/mol. The Kier molecular flexibility index (Phi) is 2.10. The van der Waals surface area contributed by atoms with Crippen LogP contribution in [0.15, 0.2) is 11.3 Å². The van der Waals surface area contributed by atoms with Gasteiger partial charge < -0.3 is 10.6 Å². The fourth-order valence-electron chi connectivity index (χ4n) is 3.17. The second kappa shape index (κ2) is 3.24. The lowest BCUT2D eigenvalue weighted by Gasteiger charge is -2.28. The molecule has 2 nitrogen and oxygen atoms in total. The first-order valence-electron chi connectivity index (χ1n) is 6.39. The Morgan fingerprint density at radius 1 is 1.13 bits per heavy atom.